The summed E-state index contributed by atoms with van der Waals surface area (Å²) in [6.07, 6.45) is 7.84. The van der Waals surface area contributed by atoms with Gasteiger partial charge in [0, 0.05) is 56.4 Å². The van der Waals surface area contributed by atoms with Gasteiger partial charge in [-0.25, -0.2) is 0 Å². The van der Waals surface area contributed by atoms with Gasteiger partial charge in [0.2, 0.25) is 0 Å². The first-order chi connectivity index (χ1) is 10.4. The molecule has 0 saturated carbocycles. The Kier molecular flexibility index (Phi) is 4.92. The number of hydrogen-bond acceptors (Lipinski definition) is 4. The predicted octanol–water partition coefficient (Wildman–Crippen LogP) is 2.06. The summed E-state index contributed by atoms with van der Waals surface area (Å²) in [6.45, 7) is 4.37. The molecule has 0 aliphatic carbocycles. The maximum atomic E-state index is 4.50. The molecule has 2 aromatic rings. The van der Waals surface area contributed by atoms with Crippen LogP contribution < -0.4 is 5.32 Å². The fourth-order valence-corrected chi connectivity index (χ4v) is 2.93. The van der Waals surface area contributed by atoms with E-state index in [1.54, 1.807) is 0 Å². The summed E-state index contributed by atoms with van der Waals surface area (Å²) in [4.78, 5) is 11.4. The van der Waals surface area contributed by atoms with Crippen LogP contribution >= 0.6 is 0 Å². The molecular weight excluding hydrogens is 260 g/mol. The number of nitrogens with one attached hydrogen (secondary N) is 1. The fraction of sp³-hybridized carbons (Fsp3) is 0.412. The average molecular weight is 282 g/mol. The second-order valence-electron chi connectivity index (χ2n) is 5.47. The van der Waals surface area contributed by atoms with E-state index < -0.39 is 0 Å². The largest absolute Gasteiger partial charge is 0.315 e. The predicted molar refractivity (Wildman–Crippen MR) is 84.0 cm³/mol. The van der Waals surface area contributed by atoms with Gasteiger partial charge in [0.15, 0.2) is 0 Å². The molecule has 0 aromatic carbocycles. The van der Waals surface area contributed by atoms with Crippen LogP contribution in [0.3, 0.4) is 0 Å². The maximum Gasteiger partial charge on any atom is 0.0422 e. The van der Waals surface area contributed by atoms with Crippen molar-refractivity contribution in [3.63, 3.8) is 0 Å². The van der Waals surface area contributed by atoms with E-state index in [4.69, 9.17) is 0 Å². The number of nitrogens with zero attached hydrogens (tertiary/aromatic N) is 3. The van der Waals surface area contributed by atoms with E-state index in [1.165, 1.54) is 12.0 Å². The molecule has 2 aromatic heterocycles. The summed E-state index contributed by atoms with van der Waals surface area (Å²) < 4.78 is 0. The Labute approximate surface area is 126 Å². The van der Waals surface area contributed by atoms with Crippen LogP contribution in [0.15, 0.2) is 48.9 Å². The molecule has 1 unspecified atom stereocenters. The highest BCUT2D eigenvalue weighted by atomic mass is 15.2. The van der Waals surface area contributed by atoms with Crippen molar-refractivity contribution >= 4 is 0 Å². The Bertz CT molecular complexity index is 521. The molecule has 0 bridgehead atoms. The van der Waals surface area contributed by atoms with E-state index in [9.17, 15) is 0 Å². The van der Waals surface area contributed by atoms with Crippen LogP contribution in [0.1, 0.15) is 23.7 Å². The van der Waals surface area contributed by atoms with Crippen molar-refractivity contribution in [2.24, 2.45) is 0 Å². The zero-order valence-electron chi connectivity index (χ0n) is 12.3. The van der Waals surface area contributed by atoms with Crippen molar-refractivity contribution in [2.45, 2.75) is 18.9 Å². The van der Waals surface area contributed by atoms with Crippen LogP contribution in [-0.2, 0) is 6.42 Å². The van der Waals surface area contributed by atoms with Crippen molar-refractivity contribution in [3.8, 4) is 0 Å². The quantitative estimate of drug-likeness (QED) is 0.932. The minimum Gasteiger partial charge on any atom is -0.315 e. The Hall–Kier alpha value is -1.78. The average Bonchev–Trinajstić information content (AvgIpc) is 2.84. The minimum absolute atomic E-state index is 0.355. The third-order valence-electron chi connectivity index (χ3n) is 4.01. The van der Waals surface area contributed by atoms with Crippen LogP contribution in [0.2, 0.25) is 0 Å². The Morgan fingerprint density at radius 3 is 2.90 bits per heavy atom. The van der Waals surface area contributed by atoms with Crippen molar-refractivity contribution in [3.05, 3.63) is 60.2 Å². The molecule has 0 spiro atoms. The molecule has 1 N–H and O–H groups in total. The van der Waals surface area contributed by atoms with Crippen molar-refractivity contribution < 1.29 is 0 Å². The molecule has 4 heteroatoms. The number of rotatable bonds is 4. The zero-order valence-corrected chi connectivity index (χ0v) is 12.3. The first-order valence-corrected chi connectivity index (χ1v) is 7.68. The van der Waals surface area contributed by atoms with E-state index in [2.05, 4.69) is 38.4 Å². The number of hydrogen-bond donors (Lipinski definition) is 1. The molecule has 1 atom stereocenters. The van der Waals surface area contributed by atoms with Gasteiger partial charge in [-0.15, -0.1) is 0 Å². The molecule has 1 saturated heterocycles. The summed E-state index contributed by atoms with van der Waals surface area (Å²) >= 11 is 0. The van der Waals surface area contributed by atoms with Crippen LogP contribution in [0.5, 0.6) is 0 Å². The molecule has 0 amide bonds. The molecule has 4 nitrogen and oxygen atoms in total. The Morgan fingerprint density at radius 2 is 2.10 bits per heavy atom. The molecule has 1 aliphatic rings. The number of aromatic nitrogens is 2. The Balaban J connectivity index is 1.83. The lowest BCUT2D eigenvalue weighted by Gasteiger charge is -2.30. The normalized spacial score (nSPS) is 18.1. The lowest BCUT2D eigenvalue weighted by Crippen LogP contribution is -2.33. The third-order valence-corrected chi connectivity index (χ3v) is 4.01. The topological polar surface area (TPSA) is 41.1 Å². The molecule has 1 aliphatic heterocycles. The molecule has 110 valence electrons. The van der Waals surface area contributed by atoms with Gasteiger partial charge in [0.05, 0.1) is 0 Å². The van der Waals surface area contributed by atoms with Crippen LogP contribution in [0.25, 0.3) is 0 Å². The standard InChI is InChI=1S/C17H22N4/c1-2-9-20-16(6-1)13-17(15-5-3-7-19-14-15)21-11-4-8-18-10-12-21/h1-3,5-7,9,14,17-18H,4,8,10-13H2. The second-order valence-corrected chi connectivity index (χ2v) is 5.47. The maximum absolute atomic E-state index is 4.50. The summed E-state index contributed by atoms with van der Waals surface area (Å²) in [7, 11) is 0. The van der Waals surface area contributed by atoms with Gasteiger partial charge in [0.1, 0.15) is 0 Å². The highest BCUT2D eigenvalue weighted by Crippen LogP contribution is 2.24. The summed E-state index contributed by atoms with van der Waals surface area (Å²) in [5.74, 6) is 0. The lowest BCUT2D eigenvalue weighted by atomic mass is 10.0. The molecular formula is C17H22N4. The Morgan fingerprint density at radius 1 is 1.10 bits per heavy atom. The van der Waals surface area contributed by atoms with Gasteiger partial charge in [-0.05, 0) is 36.7 Å². The van der Waals surface area contributed by atoms with Crippen molar-refractivity contribution in [1.82, 2.24) is 20.2 Å². The van der Waals surface area contributed by atoms with E-state index in [1.807, 2.05) is 30.7 Å². The van der Waals surface area contributed by atoms with Gasteiger partial charge in [-0.3, -0.25) is 14.9 Å². The van der Waals surface area contributed by atoms with Gasteiger partial charge >= 0.3 is 0 Å². The summed E-state index contributed by atoms with van der Waals surface area (Å²) in [5, 5.41) is 3.47. The van der Waals surface area contributed by atoms with Gasteiger partial charge in [0.25, 0.3) is 0 Å². The van der Waals surface area contributed by atoms with Crippen molar-refractivity contribution in [2.75, 3.05) is 26.2 Å². The highest BCUT2D eigenvalue weighted by Gasteiger charge is 2.22. The lowest BCUT2D eigenvalue weighted by molar-refractivity contribution is 0.207. The first kappa shape index (κ1) is 14.2. The van der Waals surface area contributed by atoms with E-state index in [0.29, 0.717) is 6.04 Å². The van der Waals surface area contributed by atoms with Gasteiger partial charge in [-0.1, -0.05) is 12.1 Å². The monoisotopic (exact) mass is 282 g/mol. The zero-order chi connectivity index (χ0) is 14.3. The van der Waals surface area contributed by atoms with Crippen LogP contribution in [0, 0.1) is 0 Å². The highest BCUT2D eigenvalue weighted by molar-refractivity contribution is 5.18. The smallest absolute Gasteiger partial charge is 0.0422 e. The third kappa shape index (κ3) is 3.86. The minimum atomic E-state index is 0.355. The fourth-order valence-electron chi connectivity index (χ4n) is 2.93. The van der Waals surface area contributed by atoms with E-state index in [0.717, 1.165) is 38.3 Å². The molecule has 3 heterocycles. The number of pyridine rings is 2. The molecule has 3 rings (SSSR count). The summed E-state index contributed by atoms with van der Waals surface area (Å²) in [6, 6.07) is 10.7. The van der Waals surface area contributed by atoms with Crippen LogP contribution in [0.4, 0.5) is 0 Å². The van der Waals surface area contributed by atoms with Gasteiger partial charge < -0.3 is 5.32 Å². The first-order valence-electron chi connectivity index (χ1n) is 7.68. The molecule has 21 heavy (non-hydrogen) atoms. The summed E-state index contributed by atoms with van der Waals surface area (Å²) in [5.41, 5.74) is 2.42. The van der Waals surface area contributed by atoms with Gasteiger partial charge in [-0.2, -0.15) is 0 Å². The van der Waals surface area contributed by atoms with Crippen molar-refractivity contribution in [1.29, 1.82) is 0 Å². The SMILES string of the molecule is c1ccc(CC(c2cccnc2)N2CCCNCC2)nc1. The van der Waals surface area contributed by atoms with E-state index in [-0.39, 0.29) is 0 Å². The van der Waals surface area contributed by atoms with Crippen LogP contribution in [-0.4, -0.2) is 41.0 Å². The van der Waals surface area contributed by atoms with E-state index >= 15 is 0 Å². The molecule has 0 radical (unpaired) electrons. The molecule has 1 fully saturated rings. The second kappa shape index (κ2) is 7.29.